The molecule has 0 aliphatic rings. The molecule has 0 radical (unpaired) electrons. The molecule has 0 aliphatic heterocycles. The molecule has 2 nitrogen and oxygen atoms in total. The van der Waals surface area contributed by atoms with Gasteiger partial charge >= 0.3 is 0 Å². The molecule has 0 fully saturated rings. The Labute approximate surface area is 118 Å². The van der Waals surface area contributed by atoms with Gasteiger partial charge in [-0.2, -0.15) is 5.26 Å². The van der Waals surface area contributed by atoms with Gasteiger partial charge in [0.15, 0.2) is 5.82 Å². The number of nitriles is 1. The van der Waals surface area contributed by atoms with Crippen molar-refractivity contribution >= 4 is 17.3 Å². The molecule has 0 unspecified atom stereocenters. The van der Waals surface area contributed by atoms with Crippen LogP contribution in [0.3, 0.4) is 0 Å². The topological polar surface area (TPSA) is 35.8 Å². The molecule has 2 aromatic rings. The number of rotatable bonds is 3. The zero-order valence-electron chi connectivity index (χ0n) is 10.1. The van der Waals surface area contributed by atoms with E-state index in [2.05, 4.69) is 5.32 Å². The molecule has 102 valence electrons. The zero-order valence-corrected chi connectivity index (χ0v) is 10.8. The summed E-state index contributed by atoms with van der Waals surface area (Å²) in [4.78, 5) is 0. The number of halogens is 4. The van der Waals surface area contributed by atoms with Crippen LogP contribution in [0, 0.1) is 28.8 Å². The third-order valence-electron chi connectivity index (χ3n) is 2.68. The van der Waals surface area contributed by atoms with Gasteiger partial charge in [0.1, 0.15) is 11.6 Å². The summed E-state index contributed by atoms with van der Waals surface area (Å²) in [5, 5.41) is 11.1. The second-order valence-corrected chi connectivity index (χ2v) is 4.39. The third-order valence-corrected chi connectivity index (χ3v) is 2.97. The number of nitrogens with one attached hydrogen (secondary N) is 1. The first-order valence-electron chi connectivity index (χ1n) is 5.59. The second kappa shape index (κ2) is 5.85. The molecule has 0 amide bonds. The monoisotopic (exact) mass is 296 g/mol. The van der Waals surface area contributed by atoms with Gasteiger partial charge < -0.3 is 5.32 Å². The first-order valence-corrected chi connectivity index (χ1v) is 5.96. The number of hydrogen-bond acceptors (Lipinski definition) is 2. The van der Waals surface area contributed by atoms with Gasteiger partial charge in [-0.05, 0) is 24.3 Å². The maximum absolute atomic E-state index is 13.6. The van der Waals surface area contributed by atoms with E-state index in [0.29, 0.717) is 0 Å². The summed E-state index contributed by atoms with van der Waals surface area (Å²) in [7, 11) is 0. The van der Waals surface area contributed by atoms with Crippen molar-refractivity contribution in [3.05, 3.63) is 63.9 Å². The van der Waals surface area contributed by atoms with E-state index in [4.69, 9.17) is 16.9 Å². The summed E-state index contributed by atoms with van der Waals surface area (Å²) in [6, 6.07) is 7.78. The lowest BCUT2D eigenvalue weighted by atomic mass is 10.1. The molecular weight excluding hydrogens is 289 g/mol. The molecule has 1 N–H and O–H groups in total. The number of nitrogens with zero attached hydrogens (tertiary/aromatic N) is 1. The van der Waals surface area contributed by atoms with E-state index in [9.17, 15) is 13.2 Å². The Kier molecular flexibility index (Phi) is 4.16. The highest BCUT2D eigenvalue weighted by molar-refractivity contribution is 6.31. The molecule has 2 rings (SSSR count). The van der Waals surface area contributed by atoms with Crippen molar-refractivity contribution < 1.29 is 13.2 Å². The van der Waals surface area contributed by atoms with E-state index < -0.39 is 17.5 Å². The van der Waals surface area contributed by atoms with Gasteiger partial charge in [-0.25, -0.2) is 13.2 Å². The van der Waals surface area contributed by atoms with Crippen molar-refractivity contribution in [3.63, 3.8) is 0 Å². The summed E-state index contributed by atoms with van der Waals surface area (Å²) >= 11 is 5.60. The van der Waals surface area contributed by atoms with Gasteiger partial charge in [0, 0.05) is 12.1 Å². The van der Waals surface area contributed by atoms with Gasteiger partial charge in [-0.1, -0.05) is 17.7 Å². The predicted molar refractivity (Wildman–Crippen MR) is 69.8 cm³/mol. The summed E-state index contributed by atoms with van der Waals surface area (Å²) in [6.45, 7) is -0.263. The van der Waals surface area contributed by atoms with Crippen molar-refractivity contribution in [1.82, 2.24) is 0 Å². The summed E-state index contributed by atoms with van der Waals surface area (Å²) < 4.78 is 40.9. The van der Waals surface area contributed by atoms with Gasteiger partial charge in [-0.3, -0.25) is 0 Å². The van der Waals surface area contributed by atoms with Crippen LogP contribution in [-0.2, 0) is 6.54 Å². The molecule has 2 aromatic carbocycles. The molecule has 0 aliphatic carbocycles. The van der Waals surface area contributed by atoms with Crippen LogP contribution in [0.15, 0.2) is 30.3 Å². The Morgan fingerprint density at radius 3 is 2.40 bits per heavy atom. The fourth-order valence-electron chi connectivity index (χ4n) is 1.66. The van der Waals surface area contributed by atoms with Crippen molar-refractivity contribution in [2.45, 2.75) is 6.54 Å². The predicted octanol–water partition coefficient (Wildman–Crippen LogP) is 4.24. The Balaban J connectivity index is 2.24. The summed E-state index contributed by atoms with van der Waals surface area (Å²) in [5.74, 6) is -2.42. The Morgan fingerprint density at radius 1 is 1.15 bits per heavy atom. The minimum atomic E-state index is -0.864. The highest BCUT2D eigenvalue weighted by Gasteiger charge is 2.12. The fourth-order valence-corrected chi connectivity index (χ4v) is 1.83. The average Bonchev–Trinajstić information content (AvgIpc) is 2.42. The van der Waals surface area contributed by atoms with Gasteiger partial charge in [0.05, 0.1) is 22.3 Å². The standard InChI is InChI=1S/C14H8ClF3N2/c15-10-2-1-3-13(14(10)18)20-7-9-11(16)4-8(6-19)5-12(9)17/h1-5,20H,7H2. The molecule has 0 heterocycles. The SMILES string of the molecule is N#Cc1cc(F)c(CNc2cccc(Cl)c2F)c(F)c1. The van der Waals surface area contributed by atoms with Crippen molar-refractivity contribution in [3.8, 4) is 6.07 Å². The maximum Gasteiger partial charge on any atom is 0.164 e. The first-order chi connectivity index (χ1) is 9.52. The highest BCUT2D eigenvalue weighted by atomic mass is 35.5. The highest BCUT2D eigenvalue weighted by Crippen LogP contribution is 2.23. The minimum Gasteiger partial charge on any atom is -0.378 e. The molecule has 6 heteroatoms. The van der Waals surface area contributed by atoms with E-state index in [-0.39, 0.29) is 28.4 Å². The van der Waals surface area contributed by atoms with Crippen LogP contribution in [0.4, 0.5) is 18.9 Å². The molecule has 0 saturated carbocycles. The quantitative estimate of drug-likeness (QED) is 0.919. The largest absolute Gasteiger partial charge is 0.378 e. The van der Waals surface area contributed by atoms with Gasteiger partial charge in [-0.15, -0.1) is 0 Å². The van der Waals surface area contributed by atoms with Gasteiger partial charge in [0.25, 0.3) is 0 Å². The second-order valence-electron chi connectivity index (χ2n) is 3.99. The van der Waals surface area contributed by atoms with E-state index in [1.165, 1.54) is 18.2 Å². The van der Waals surface area contributed by atoms with E-state index in [1.54, 1.807) is 6.07 Å². The Morgan fingerprint density at radius 2 is 1.80 bits per heavy atom. The molecule has 0 aromatic heterocycles. The smallest absolute Gasteiger partial charge is 0.164 e. The van der Waals surface area contributed by atoms with Crippen LogP contribution in [0.5, 0.6) is 0 Å². The first kappa shape index (κ1) is 14.2. The molecular formula is C14H8ClF3N2. The van der Waals surface area contributed by atoms with Crippen LogP contribution in [0.25, 0.3) is 0 Å². The summed E-state index contributed by atoms with van der Waals surface area (Å²) in [6.07, 6.45) is 0. The summed E-state index contributed by atoms with van der Waals surface area (Å²) in [5.41, 5.74) is -0.346. The van der Waals surface area contributed by atoms with Crippen LogP contribution in [0.1, 0.15) is 11.1 Å². The maximum atomic E-state index is 13.6. The van der Waals surface area contributed by atoms with Crippen molar-refractivity contribution in [1.29, 1.82) is 5.26 Å². The number of anilines is 1. The fraction of sp³-hybridized carbons (Fsp3) is 0.0714. The van der Waals surface area contributed by atoms with Crippen LogP contribution in [-0.4, -0.2) is 0 Å². The van der Waals surface area contributed by atoms with Crippen LogP contribution < -0.4 is 5.32 Å². The van der Waals surface area contributed by atoms with E-state index in [1.807, 2.05) is 0 Å². The lowest BCUT2D eigenvalue weighted by Gasteiger charge is -2.10. The minimum absolute atomic E-state index is 0.0423. The molecule has 0 bridgehead atoms. The van der Waals surface area contributed by atoms with Crippen LogP contribution in [0.2, 0.25) is 5.02 Å². The molecule has 0 atom stereocenters. The van der Waals surface area contributed by atoms with Crippen LogP contribution >= 0.6 is 11.6 Å². The van der Waals surface area contributed by atoms with Crippen molar-refractivity contribution in [2.24, 2.45) is 0 Å². The lowest BCUT2D eigenvalue weighted by Crippen LogP contribution is -2.06. The average molecular weight is 297 g/mol. The molecule has 20 heavy (non-hydrogen) atoms. The zero-order chi connectivity index (χ0) is 14.7. The third kappa shape index (κ3) is 2.86. The number of benzene rings is 2. The van der Waals surface area contributed by atoms with E-state index in [0.717, 1.165) is 12.1 Å². The molecule has 0 spiro atoms. The number of hydrogen-bond donors (Lipinski definition) is 1. The van der Waals surface area contributed by atoms with Crippen molar-refractivity contribution in [2.75, 3.05) is 5.32 Å². The van der Waals surface area contributed by atoms with Gasteiger partial charge in [0.2, 0.25) is 0 Å². The lowest BCUT2D eigenvalue weighted by molar-refractivity contribution is 0.558. The Bertz CT molecular complexity index is 672. The normalized spacial score (nSPS) is 10.2. The van der Waals surface area contributed by atoms with E-state index >= 15 is 0 Å². The molecule has 0 saturated heterocycles. The Hall–Kier alpha value is -2.19.